The quantitative estimate of drug-likeness (QED) is 0.0372. The molecule has 0 aromatic rings. The molecule has 0 aliphatic carbocycles. The van der Waals surface area contributed by atoms with Crippen LogP contribution in [0.3, 0.4) is 0 Å². The summed E-state index contributed by atoms with van der Waals surface area (Å²) in [6.07, 6.45) is 45.7. The minimum Gasteiger partial charge on any atom is -0.466 e. The van der Waals surface area contributed by atoms with E-state index in [0.29, 0.717) is 24.9 Å². The molecule has 59 heavy (non-hydrogen) atoms. The van der Waals surface area contributed by atoms with Crippen LogP contribution >= 0.6 is 0 Å². The van der Waals surface area contributed by atoms with Gasteiger partial charge in [-0.15, -0.1) is 0 Å². The SMILES string of the molecule is C=O.CCCCCC(CC=O)CCCCC.CCCCCC(CCCCC)CC(=O)OCCCCCCCCC(CCCCCCCCOC)CCN1CCCC1.CO. The van der Waals surface area contributed by atoms with E-state index in [1.165, 1.54) is 225 Å². The molecule has 1 fully saturated rings. The second-order valence-electron chi connectivity index (χ2n) is 17.6. The van der Waals surface area contributed by atoms with Gasteiger partial charge in [-0.1, -0.05) is 195 Å². The van der Waals surface area contributed by atoms with Crippen LogP contribution in [0.25, 0.3) is 0 Å². The van der Waals surface area contributed by atoms with Gasteiger partial charge in [-0.3, -0.25) is 4.79 Å². The second kappa shape index (κ2) is 54.7. The third-order valence-corrected chi connectivity index (χ3v) is 12.3. The van der Waals surface area contributed by atoms with Crippen molar-refractivity contribution in [3.8, 4) is 0 Å². The highest BCUT2D eigenvalue weighted by Crippen LogP contribution is 2.25. The topological polar surface area (TPSA) is 93.1 Å². The maximum absolute atomic E-state index is 12.4. The average molecular weight is 840 g/mol. The van der Waals surface area contributed by atoms with Crippen LogP contribution in [-0.2, 0) is 23.9 Å². The maximum atomic E-state index is 12.4. The van der Waals surface area contributed by atoms with E-state index in [1.807, 2.05) is 13.9 Å². The number of esters is 1. The van der Waals surface area contributed by atoms with Crippen LogP contribution in [0.2, 0.25) is 0 Å². The van der Waals surface area contributed by atoms with Gasteiger partial charge in [-0.05, 0) is 82.3 Å². The molecule has 1 aliphatic heterocycles. The molecule has 0 aromatic heterocycles. The van der Waals surface area contributed by atoms with Crippen LogP contribution in [0.5, 0.6) is 0 Å². The first-order valence-corrected chi connectivity index (χ1v) is 25.6. The molecule has 7 nitrogen and oxygen atoms in total. The summed E-state index contributed by atoms with van der Waals surface area (Å²) in [4.78, 5) is 33.6. The number of nitrogens with zero attached hydrogens (tertiary/aromatic N) is 1. The number of likely N-dealkylation sites (tertiary alicyclic amines) is 1. The van der Waals surface area contributed by atoms with Crippen molar-refractivity contribution >= 4 is 19.0 Å². The van der Waals surface area contributed by atoms with Gasteiger partial charge in [0.15, 0.2) is 0 Å². The fourth-order valence-electron chi connectivity index (χ4n) is 8.51. The molecule has 1 atom stereocenters. The first-order chi connectivity index (χ1) is 29.0. The summed E-state index contributed by atoms with van der Waals surface area (Å²) in [5.41, 5.74) is 0. The van der Waals surface area contributed by atoms with Crippen LogP contribution < -0.4 is 0 Å². The molecular formula is C52H105NO6. The Morgan fingerprint density at radius 2 is 0.915 bits per heavy atom. The minimum atomic E-state index is 0.0501. The summed E-state index contributed by atoms with van der Waals surface area (Å²) in [7, 11) is 2.81. The van der Waals surface area contributed by atoms with Crippen LogP contribution in [0.15, 0.2) is 0 Å². The summed E-state index contributed by atoms with van der Waals surface area (Å²) in [6.45, 7) is 16.5. The lowest BCUT2D eigenvalue weighted by Gasteiger charge is -2.21. The fourth-order valence-corrected chi connectivity index (χ4v) is 8.51. The van der Waals surface area contributed by atoms with Gasteiger partial charge in [0.2, 0.25) is 0 Å². The number of carbonyl (C=O) groups excluding carboxylic acids is 3. The third kappa shape index (κ3) is 47.6. The number of rotatable bonds is 41. The Labute approximate surface area is 369 Å². The highest BCUT2D eigenvalue weighted by atomic mass is 16.5. The van der Waals surface area contributed by atoms with Crippen molar-refractivity contribution in [2.75, 3.05) is 47.1 Å². The third-order valence-electron chi connectivity index (χ3n) is 12.3. The monoisotopic (exact) mass is 840 g/mol. The van der Waals surface area contributed by atoms with Crippen molar-refractivity contribution in [3.05, 3.63) is 0 Å². The molecule has 1 saturated heterocycles. The van der Waals surface area contributed by atoms with Gasteiger partial charge >= 0.3 is 5.97 Å². The Balaban J connectivity index is -0.00000146. The molecule has 0 saturated carbocycles. The zero-order chi connectivity index (χ0) is 44.3. The van der Waals surface area contributed by atoms with Gasteiger partial charge in [-0.25, -0.2) is 0 Å². The Morgan fingerprint density at radius 1 is 0.542 bits per heavy atom. The number of aliphatic hydroxyl groups excluding tert-OH is 1. The van der Waals surface area contributed by atoms with Gasteiger partial charge in [0.25, 0.3) is 0 Å². The molecule has 7 heteroatoms. The molecule has 1 N–H and O–H groups in total. The second-order valence-corrected chi connectivity index (χ2v) is 17.6. The predicted octanol–water partition coefficient (Wildman–Crippen LogP) is 14.7. The van der Waals surface area contributed by atoms with Gasteiger partial charge in [0, 0.05) is 33.7 Å². The average Bonchev–Trinajstić information content (AvgIpc) is 3.78. The summed E-state index contributed by atoms with van der Waals surface area (Å²) in [5.74, 6) is 2.18. The Bertz CT molecular complexity index is 771. The number of ether oxygens (including phenoxy) is 2. The molecule has 0 spiro atoms. The number of hydrogen-bond donors (Lipinski definition) is 1. The fraction of sp³-hybridized carbons (Fsp3) is 0.942. The molecule has 1 rings (SSSR count). The van der Waals surface area contributed by atoms with Gasteiger partial charge in [0.1, 0.15) is 13.1 Å². The molecule has 354 valence electrons. The van der Waals surface area contributed by atoms with E-state index in [4.69, 9.17) is 19.4 Å². The van der Waals surface area contributed by atoms with Crippen molar-refractivity contribution in [2.45, 2.75) is 252 Å². The summed E-state index contributed by atoms with van der Waals surface area (Å²) in [5, 5.41) is 7.00. The normalized spacial score (nSPS) is 13.0. The van der Waals surface area contributed by atoms with Gasteiger partial charge < -0.3 is 29.1 Å². The summed E-state index contributed by atoms with van der Waals surface area (Å²) in [6, 6.07) is 0. The summed E-state index contributed by atoms with van der Waals surface area (Å²) < 4.78 is 10.8. The molecular weight excluding hydrogens is 735 g/mol. The van der Waals surface area contributed by atoms with Crippen LogP contribution in [0.1, 0.15) is 252 Å². The first kappa shape index (κ1) is 62.0. The van der Waals surface area contributed by atoms with E-state index in [2.05, 4.69) is 32.6 Å². The smallest absolute Gasteiger partial charge is 0.306 e. The van der Waals surface area contributed by atoms with E-state index < -0.39 is 0 Å². The zero-order valence-electron chi connectivity index (χ0n) is 40.7. The number of carbonyl (C=O) groups is 3. The molecule has 0 bridgehead atoms. The van der Waals surface area contributed by atoms with Gasteiger partial charge in [-0.2, -0.15) is 0 Å². The standard InChI is InChI=1S/C37H73NO3.C13H26O.CH4O.CH2O/c1-4-6-16-26-36(27-17-7-5-2)34-37(39)41-33-23-15-11-9-13-19-25-35(28-31-38-29-20-21-30-38)24-18-12-8-10-14-22-32-40-3;1-3-5-7-9-13(11-12-14)10-8-6-4-2;2*1-2/h35-36H,4-34H2,1-3H3;12-13H,3-11H2,1-2H3;2H,1H3;1H2. The van der Waals surface area contributed by atoms with Crippen molar-refractivity contribution in [1.82, 2.24) is 4.90 Å². The Morgan fingerprint density at radius 3 is 1.34 bits per heavy atom. The minimum absolute atomic E-state index is 0.0501. The molecule has 1 aliphatic rings. The predicted molar refractivity (Wildman–Crippen MR) is 255 cm³/mol. The zero-order valence-corrected chi connectivity index (χ0v) is 40.7. The molecule has 1 unspecified atom stereocenters. The highest BCUT2D eigenvalue weighted by molar-refractivity contribution is 5.69. The number of aliphatic hydroxyl groups is 1. The van der Waals surface area contributed by atoms with Crippen molar-refractivity contribution in [2.24, 2.45) is 17.8 Å². The number of aldehydes is 1. The van der Waals surface area contributed by atoms with E-state index in [9.17, 15) is 9.59 Å². The van der Waals surface area contributed by atoms with E-state index in [1.54, 1.807) is 0 Å². The van der Waals surface area contributed by atoms with Crippen LogP contribution in [0.4, 0.5) is 0 Å². The van der Waals surface area contributed by atoms with Crippen LogP contribution in [-0.4, -0.2) is 76.1 Å². The van der Waals surface area contributed by atoms with E-state index in [0.717, 1.165) is 38.8 Å². The Kier molecular flexibility index (Phi) is 57.5. The highest BCUT2D eigenvalue weighted by Gasteiger charge is 2.16. The van der Waals surface area contributed by atoms with Gasteiger partial charge in [0.05, 0.1) is 6.61 Å². The molecule has 0 amide bonds. The number of unbranched alkanes of at least 4 members (excludes halogenated alkanes) is 18. The van der Waals surface area contributed by atoms with E-state index >= 15 is 0 Å². The van der Waals surface area contributed by atoms with Crippen LogP contribution in [0, 0.1) is 17.8 Å². The number of hydrogen-bond acceptors (Lipinski definition) is 7. The summed E-state index contributed by atoms with van der Waals surface area (Å²) >= 11 is 0. The first-order valence-electron chi connectivity index (χ1n) is 25.6. The van der Waals surface area contributed by atoms with E-state index in [-0.39, 0.29) is 5.97 Å². The molecule has 0 radical (unpaired) electrons. The Hall–Kier alpha value is -1.31. The van der Waals surface area contributed by atoms with Crippen molar-refractivity contribution < 1.29 is 29.0 Å². The molecule has 0 aromatic carbocycles. The molecule has 1 heterocycles. The maximum Gasteiger partial charge on any atom is 0.306 e. The lowest BCUT2D eigenvalue weighted by atomic mass is 9.91. The number of methoxy groups -OCH3 is 1. The van der Waals surface area contributed by atoms with Crippen molar-refractivity contribution in [1.29, 1.82) is 0 Å². The largest absolute Gasteiger partial charge is 0.466 e. The van der Waals surface area contributed by atoms with Crippen molar-refractivity contribution in [3.63, 3.8) is 0 Å². The lowest BCUT2D eigenvalue weighted by molar-refractivity contribution is -0.145. The lowest BCUT2D eigenvalue weighted by Crippen LogP contribution is -2.22.